The van der Waals surface area contributed by atoms with E-state index >= 15 is 0 Å². The van der Waals surface area contributed by atoms with E-state index in [9.17, 15) is 4.79 Å². The fourth-order valence-corrected chi connectivity index (χ4v) is 1.94. The number of hydrogen-bond acceptors (Lipinski definition) is 4. The molecular formula is C13H18N2O2. The van der Waals surface area contributed by atoms with E-state index < -0.39 is 0 Å². The van der Waals surface area contributed by atoms with Gasteiger partial charge in [0.15, 0.2) is 5.78 Å². The van der Waals surface area contributed by atoms with Gasteiger partial charge in [-0.25, -0.2) is 4.98 Å². The summed E-state index contributed by atoms with van der Waals surface area (Å²) in [4.78, 5) is 17.9. The van der Waals surface area contributed by atoms with Crippen LogP contribution in [0.4, 0.5) is 0 Å². The van der Waals surface area contributed by atoms with E-state index in [1.807, 2.05) is 12.1 Å². The van der Waals surface area contributed by atoms with Crippen LogP contribution in [-0.2, 0) is 11.2 Å². The number of carbonyl (C=O) groups is 1. The molecule has 0 atom stereocenters. The van der Waals surface area contributed by atoms with Crippen molar-refractivity contribution in [1.82, 2.24) is 9.88 Å². The predicted octanol–water partition coefficient (Wildman–Crippen LogP) is 1.16. The highest BCUT2D eigenvalue weighted by molar-refractivity contribution is 5.92. The molecule has 92 valence electrons. The molecule has 1 aromatic heterocycles. The zero-order valence-electron chi connectivity index (χ0n) is 10.3. The highest BCUT2D eigenvalue weighted by Crippen LogP contribution is 2.11. The quantitative estimate of drug-likeness (QED) is 0.717. The first-order chi connectivity index (χ1) is 8.19. The molecule has 2 heterocycles. The minimum atomic E-state index is 0.0234. The molecule has 0 N–H and O–H groups in total. The van der Waals surface area contributed by atoms with E-state index in [0.717, 1.165) is 31.7 Å². The maximum absolute atomic E-state index is 11.2. The molecule has 0 aliphatic carbocycles. The van der Waals surface area contributed by atoms with Gasteiger partial charge in [-0.2, -0.15) is 0 Å². The number of hydrogen-bond donors (Lipinski definition) is 0. The Morgan fingerprint density at radius 2 is 2.29 bits per heavy atom. The summed E-state index contributed by atoms with van der Waals surface area (Å²) in [5.41, 5.74) is 1.54. The van der Waals surface area contributed by atoms with E-state index in [-0.39, 0.29) is 5.78 Å². The van der Waals surface area contributed by atoms with Gasteiger partial charge in [-0.15, -0.1) is 0 Å². The molecule has 0 saturated carbocycles. The Morgan fingerprint density at radius 1 is 1.53 bits per heavy atom. The van der Waals surface area contributed by atoms with Crippen LogP contribution in [0.3, 0.4) is 0 Å². The van der Waals surface area contributed by atoms with Gasteiger partial charge in [-0.3, -0.25) is 9.69 Å². The van der Waals surface area contributed by atoms with Crippen LogP contribution in [0.2, 0.25) is 0 Å². The van der Waals surface area contributed by atoms with Crippen LogP contribution in [0.15, 0.2) is 18.2 Å². The Bertz CT molecular complexity index is 400. The van der Waals surface area contributed by atoms with Crippen LogP contribution >= 0.6 is 0 Å². The average molecular weight is 234 g/mol. The Morgan fingerprint density at radius 3 is 2.94 bits per heavy atom. The Hall–Kier alpha value is -1.26. The van der Waals surface area contributed by atoms with Gasteiger partial charge in [-0.05, 0) is 12.1 Å². The molecule has 1 aliphatic heterocycles. The molecular weight excluding hydrogens is 216 g/mol. The van der Waals surface area contributed by atoms with E-state index in [1.54, 1.807) is 20.1 Å². The molecule has 4 nitrogen and oxygen atoms in total. The molecule has 0 amide bonds. The van der Waals surface area contributed by atoms with Crippen LogP contribution in [0.5, 0.6) is 0 Å². The molecule has 2 rings (SSSR count). The molecule has 1 aliphatic rings. The highest BCUT2D eigenvalue weighted by Gasteiger charge is 2.25. The Labute approximate surface area is 102 Å². The fraction of sp³-hybridized carbons (Fsp3) is 0.538. The maximum atomic E-state index is 11.2. The van der Waals surface area contributed by atoms with E-state index in [4.69, 9.17) is 4.74 Å². The monoisotopic (exact) mass is 234 g/mol. The van der Waals surface area contributed by atoms with Crippen molar-refractivity contribution in [3.05, 3.63) is 29.6 Å². The first kappa shape index (κ1) is 12.2. The van der Waals surface area contributed by atoms with Crippen molar-refractivity contribution in [2.75, 3.05) is 26.7 Å². The number of nitrogens with zero attached hydrogens (tertiary/aromatic N) is 2. The van der Waals surface area contributed by atoms with Crippen molar-refractivity contribution >= 4 is 5.78 Å². The Kier molecular flexibility index (Phi) is 3.86. The second kappa shape index (κ2) is 5.38. The van der Waals surface area contributed by atoms with Gasteiger partial charge < -0.3 is 4.74 Å². The van der Waals surface area contributed by atoms with Gasteiger partial charge in [0.2, 0.25) is 0 Å². The van der Waals surface area contributed by atoms with Crippen LogP contribution in [0, 0.1) is 0 Å². The number of rotatable bonds is 5. The van der Waals surface area contributed by atoms with Crippen molar-refractivity contribution in [3.8, 4) is 0 Å². The third kappa shape index (κ3) is 3.11. The van der Waals surface area contributed by atoms with Crippen LogP contribution in [0.25, 0.3) is 0 Å². The van der Waals surface area contributed by atoms with Crippen molar-refractivity contribution in [2.24, 2.45) is 0 Å². The summed E-state index contributed by atoms with van der Waals surface area (Å²) in [5.74, 6) is 0.0234. The van der Waals surface area contributed by atoms with Gasteiger partial charge >= 0.3 is 0 Å². The smallest absolute Gasteiger partial charge is 0.178 e. The van der Waals surface area contributed by atoms with E-state index in [1.165, 1.54) is 0 Å². The minimum Gasteiger partial charge on any atom is -0.379 e. The van der Waals surface area contributed by atoms with Gasteiger partial charge in [0, 0.05) is 45.8 Å². The lowest BCUT2D eigenvalue weighted by Gasteiger charge is -2.38. The highest BCUT2D eigenvalue weighted by atomic mass is 16.5. The maximum Gasteiger partial charge on any atom is 0.178 e. The molecule has 1 fully saturated rings. The molecule has 0 bridgehead atoms. The number of likely N-dealkylation sites (tertiary alicyclic amines) is 1. The molecule has 0 aromatic carbocycles. The summed E-state index contributed by atoms with van der Waals surface area (Å²) in [5, 5.41) is 0. The lowest BCUT2D eigenvalue weighted by Crippen LogP contribution is -2.52. The number of Topliss-reactive ketones (excluding diaryl/α,β-unsaturated/α-hetero) is 1. The number of methoxy groups -OCH3 is 1. The number of ketones is 1. The first-order valence-corrected chi connectivity index (χ1v) is 5.91. The molecule has 4 heteroatoms. The summed E-state index contributed by atoms with van der Waals surface area (Å²) in [7, 11) is 1.75. The van der Waals surface area contributed by atoms with Crippen LogP contribution in [0.1, 0.15) is 23.1 Å². The molecule has 0 radical (unpaired) electrons. The van der Waals surface area contributed by atoms with Crippen molar-refractivity contribution in [3.63, 3.8) is 0 Å². The summed E-state index contributed by atoms with van der Waals surface area (Å²) in [6.45, 7) is 4.53. The third-order valence-corrected chi connectivity index (χ3v) is 3.11. The first-order valence-electron chi connectivity index (χ1n) is 5.91. The number of pyridine rings is 1. The zero-order chi connectivity index (χ0) is 12.3. The second-order valence-electron chi connectivity index (χ2n) is 4.44. The zero-order valence-corrected chi connectivity index (χ0v) is 10.3. The average Bonchev–Trinajstić information content (AvgIpc) is 2.27. The number of aromatic nitrogens is 1. The molecule has 0 spiro atoms. The number of carbonyl (C=O) groups excluding carboxylic acids is 1. The molecule has 0 unspecified atom stereocenters. The SMILES string of the molecule is COC1CN(CCc2cccc(C(C)=O)n2)C1. The minimum absolute atomic E-state index is 0.0234. The van der Waals surface area contributed by atoms with Crippen LogP contribution in [-0.4, -0.2) is 48.5 Å². The third-order valence-electron chi connectivity index (χ3n) is 3.11. The van der Waals surface area contributed by atoms with Crippen molar-refractivity contribution in [1.29, 1.82) is 0 Å². The largest absolute Gasteiger partial charge is 0.379 e. The standard InChI is InChI=1S/C13H18N2O2/c1-10(16)13-5-3-4-11(14-13)6-7-15-8-12(9-15)17-2/h3-5,12H,6-9H2,1-2H3. The lowest BCUT2D eigenvalue weighted by molar-refractivity contribution is -0.0285. The Balaban J connectivity index is 1.83. The van der Waals surface area contributed by atoms with Crippen LogP contribution < -0.4 is 0 Å². The topological polar surface area (TPSA) is 42.4 Å². The summed E-state index contributed by atoms with van der Waals surface area (Å²) >= 11 is 0. The summed E-state index contributed by atoms with van der Waals surface area (Å²) in [6.07, 6.45) is 1.28. The van der Waals surface area contributed by atoms with Gasteiger partial charge in [0.05, 0.1) is 6.10 Å². The predicted molar refractivity (Wildman–Crippen MR) is 65.2 cm³/mol. The number of ether oxygens (including phenoxy) is 1. The normalized spacial score (nSPS) is 16.8. The fourth-order valence-electron chi connectivity index (χ4n) is 1.94. The molecule has 1 saturated heterocycles. The van der Waals surface area contributed by atoms with Gasteiger partial charge in [0.25, 0.3) is 0 Å². The molecule has 17 heavy (non-hydrogen) atoms. The van der Waals surface area contributed by atoms with Crippen molar-refractivity contribution in [2.45, 2.75) is 19.4 Å². The van der Waals surface area contributed by atoms with Crippen molar-refractivity contribution < 1.29 is 9.53 Å². The van der Waals surface area contributed by atoms with Gasteiger partial charge in [0.1, 0.15) is 5.69 Å². The molecule has 1 aromatic rings. The lowest BCUT2D eigenvalue weighted by atomic mass is 10.1. The second-order valence-corrected chi connectivity index (χ2v) is 4.44. The summed E-state index contributed by atoms with van der Waals surface area (Å²) in [6, 6.07) is 5.63. The van der Waals surface area contributed by atoms with E-state index in [0.29, 0.717) is 11.8 Å². The summed E-state index contributed by atoms with van der Waals surface area (Å²) < 4.78 is 5.22. The van der Waals surface area contributed by atoms with Gasteiger partial charge in [-0.1, -0.05) is 6.07 Å². The van der Waals surface area contributed by atoms with E-state index in [2.05, 4.69) is 9.88 Å².